The van der Waals surface area contributed by atoms with Crippen molar-refractivity contribution in [2.45, 2.75) is 59.0 Å². The average Bonchev–Trinajstić information content (AvgIpc) is 3.08. The molecular weight excluding hydrogens is 483 g/mol. The molecule has 1 aliphatic carbocycles. The molecule has 30 heavy (non-hydrogen) atoms. The predicted octanol–water partition coefficient (Wildman–Crippen LogP) is -2.76. The van der Waals surface area contributed by atoms with Crippen molar-refractivity contribution in [3.63, 3.8) is 0 Å². The van der Waals surface area contributed by atoms with Crippen LogP contribution in [0.2, 0.25) is 12.6 Å². The molecule has 2 aromatic rings. The van der Waals surface area contributed by atoms with Gasteiger partial charge in [0.1, 0.15) is 0 Å². The zero-order chi connectivity index (χ0) is 18.6. The third-order valence-corrected chi connectivity index (χ3v) is 10.3. The smallest absolute Gasteiger partial charge is 1.00 e. The predicted molar refractivity (Wildman–Crippen MR) is 116 cm³/mol. The minimum absolute atomic E-state index is 0. The normalized spacial score (nSPS) is 14.0. The quantitative estimate of drug-likeness (QED) is 0.278. The second-order valence-electron chi connectivity index (χ2n) is 7.95. The standard InChI is InChI=1S/C25H31Si.3ClH.Ti/c1-5-6-15-26(4,24-17-20(2)16-21(3)18-24)25-14-10-13-23(25)19-22-11-8-7-9-12-22;;;;/h7-9,11-12,14,16-18H,5-6,10,15,19H2,1-4H3;3*1H;/q-1;;;;+4/p-3. The van der Waals surface area contributed by atoms with Crippen molar-refractivity contribution >= 4 is 13.3 Å². The molecule has 1 aliphatic rings. The van der Waals surface area contributed by atoms with E-state index in [1.165, 1.54) is 41.1 Å². The number of halogens is 3. The Kier molecular flexibility index (Phi) is 15.7. The molecule has 160 valence electrons. The van der Waals surface area contributed by atoms with Crippen LogP contribution in [0.4, 0.5) is 0 Å². The first kappa shape index (κ1) is 31.9. The van der Waals surface area contributed by atoms with Gasteiger partial charge in [-0.3, -0.25) is 6.08 Å². The number of aryl methyl sites for hydroxylation is 2. The molecule has 5 heteroatoms. The molecule has 0 bridgehead atoms. The van der Waals surface area contributed by atoms with Crippen LogP contribution >= 0.6 is 0 Å². The molecule has 0 nitrogen and oxygen atoms in total. The van der Waals surface area contributed by atoms with Gasteiger partial charge in [0.25, 0.3) is 0 Å². The van der Waals surface area contributed by atoms with Gasteiger partial charge in [0.15, 0.2) is 0 Å². The van der Waals surface area contributed by atoms with Gasteiger partial charge in [-0.05, 0) is 25.8 Å². The van der Waals surface area contributed by atoms with Crippen LogP contribution in [0.1, 0.15) is 42.9 Å². The van der Waals surface area contributed by atoms with E-state index >= 15 is 0 Å². The van der Waals surface area contributed by atoms with Crippen LogP contribution in [0.15, 0.2) is 65.4 Å². The maximum absolute atomic E-state index is 3.70. The molecule has 3 rings (SSSR count). The van der Waals surface area contributed by atoms with Gasteiger partial charge < -0.3 is 37.2 Å². The summed E-state index contributed by atoms with van der Waals surface area (Å²) in [6.07, 6.45) is 10.8. The number of benzene rings is 2. The van der Waals surface area contributed by atoms with Crippen LogP contribution in [0.5, 0.6) is 0 Å². The van der Waals surface area contributed by atoms with Crippen LogP contribution in [0.25, 0.3) is 0 Å². The van der Waals surface area contributed by atoms with Gasteiger partial charge in [-0.15, -0.1) is 6.42 Å². The number of hydrogen-bond donors (Lipinski definition) is 0. The molecule has 1 unspecified atom stereocenters. The topological polar surface area (TPSA) is 0 Å². The van der Waals surface area contributed by atoms with E-state index in [4.69, 9.17) is 0 Å². The molecule has 1 atom stereocenters. The van der Waals surface area contributed by atoms with Crippen LogP contribution in [0.3, 0.4) is 0 Å². The molecule has 0 fully saturated rings. The van der Waals surface area contributed by atoms with Gasteiger partial charge in [-0.1, -0.05) is 97.2 Å². The van der Waals surface area contributed by atoms with Gasteiger partial charge in [-0.2, -0.15) is 11.3 Å². The van der Waals surface area contributed by atoms with Gasteiger partial charge in [-0.25, -0.2) is 5.57 Å². The zero-order valence-electron chi connectivity index (χ0n) is 18.4. The summed E-state index contributed by atoms with van der Waals surface area (Å²) in [4.78, 5) is 0. The summed E-state index contributed by atoms with van der Waals surface area (Å²) in [5, 5.41) is 3.24. The van der Waals surface area contributed by atoms with E-state index in [9.17, 15) is 0 Å². The Balaban J connectivity index is 0. The summed E-state index contributed by atoms with van der Waals surface area (Å²) >= 11 is 0. The summed E-state index contributed by atoms with van der Waals surface area (Å²) in [7, 11) is -1.73. The van der Waals surface area contributed by atoms with E-state index < -0.39 is 8.07 Å². The van der Waals surface area contributed by atoms with Crippen molar-refractivity contribution < 1.29 is 58.9 Å². The number of unbranched alkanes of at least 4 members (excludes halogenated alkanes) is 1. The van der Waals surface area contributed by atoms with Crippen molar-refractivity contribution in [3.8, 4) is 0 Å². The molecule has 0 N–H and O–H groups in total. The molecule has 2 aromatic carbocycles. The first-order valence-corrected chi connectivity index (χ1v) is 12.7. The fraction of sp³-hybridized carbons (Fsp3) is 0.360. The first-order valence-electron chi connectivity index (χ1n) is 9.96. The maximum Gasteiger partial charge on any atom is 4.00 e. The second-order valence-corrected chi connectivity index (χ2v) is 12.2. The van der Waals surface area contributed by atoms with Crippen LogP contribution in [-0.4, -0.2) is 8.07 Å². The summed E-state index contributed by atoms with van der Waals surface area (Å²) < 4.78 is 0. The Morgan fingerprint density at radius 2 is 1.53 bits per heavy atom. The fourth-order valence-corrected chi connectivity index (χ4v) is 8.69. The van der Waals surface area contributed by atoms with Crippen molar-refractivity contribution in [1.29, 1.82) is 0 Å². The van der Waals surface area contributed by atoms with Gasteiger partial charge in [0.2, 0.25) is 0 Å². The monoisotopic (exact) mass is 512 g/mol. The molecule has 0 saturated heterocycles. The maximum atomic E-state index is 3.70. The van der Waals surface area contributed by atoms with Gasteiger partial charge in [0.05, 0.1) is 0 Å². The molecule has 0 amide bonds. The van der Waals surface area contributed by atoms with Gasteiger partial charge >= 0.3 is 21.7 Å². The molecule has 0 spiro atoms. The van der Waals surface area contributed by atoms with Crippen LogP contribution < -0.4 is 42.4 Å². The summed E-state index contributed by atoms with van der Waals surface area (Å²) in [5.74, 6) is 0. The number of hydrogen-bond acceptors (Lipinski definition) is 0. The molecule has 0 radical (unpaired) electrons. The summed E-state index contributed by atoms with van der Waals surface area (Å²) in [5.41, 5.74) is 5.65. The minimum atomic E-state index is -1.73. The Morgan fingerprint density at radius 1 is 0.933 bits per heavy atom. The van der Waals surface area contributed by atoms with Crippen LogP contribution in [-0.2, 0) is 28.1 Å². The second kappa shape index (κ2) is 14.7. The minimum Gasteiger partial charge on any atom is -1.00 e. The Labute approximate surface area is 218 Å². The molecule has 0 heterocycles. The average molecular weight is 514 g/mol. The Hall–Kier alpha value is -0.279. The zero-order valence-corrected chi connectivity index (χ0v) is 23.2. The fourth-order valence-electron chi connectivity index (χ4n) is 4.27. The van der Waals surface area contributed by atoms with E-state index in [1.807, 2.05) is 0 Å². The molecule has 0 aromatic heterocycles. The van der Waals surface area contributed by atoms with Crippen molar-refractivity contribution in [2.24, 2.45) is 0 Å². The Bertz CT molecular complexity index is 813. The Morgan fingerprint density at radius 3 is 2.10 bits per heavy atom. The van der Waals surface area contributed by atoms with E-state index in [0.717, 1.165) is 12.8 Å². The summed E-state index contributed by atoms with van der Waals surface area (Å²) in [6, 6.07) is 19.4. The number of allylic oxidation sites excluding steroid dienone is 4. The SMILES string of the molecule is CCCC[Si](C)(C1=CC[C-]=C1Cc1ccccc1)c1cc(C)cc(C)c1.[Cl-].[Cl-].[Cl-].[Ti+4]. The number of rotatable bonds is 7. The summed E-state index contributed by atoms with van der Waals surface area (Å²) in [6.45, 7) is 9.37. The van der Waals surface area contributed by atoms with Gasteiger partial charge in [0, 0.05) is 8.07 Å². The van der Waals surface area contributed by atoms with Crippen LogP contribution in [0, 0.1) is 19.9 Å². The van der Waals surface area contributed by atoms with E-state index in [1.54, 1.807) is 10.4 Å². The molecule has 0 saturated carbocycles. The van der Waals surface area contributed by atoms with Crippen molar-refractivity contribution in [1.82, 2.24) is 0 Å². The largest absolute Gasteiger partial charge is 4.00 e. The molecule has 0 aliphatic heterocycles. The van der Waals surface area contributed by atoms with E-state index in [0.29, 0.717) is 0 Å². The van der Waals surface area contributed by atoms with Crippen molar-refractivity contribution in [2.75, 3.05) is 0 Å². The van der Waals surface area contributed by atoms with E-state index in [2.05, 4.69) is 88.0 Å². The van der Waals surface area contributed by atoms with Crippen molar-refractivity contribution in [3.05, 3.63) is 88.1 Å². The third-order valence-electron chi connectivity index (χ3n) is 5.65. The van der Waals surface area contributed by atoms with E-state index in [-0.39, 0.29) is 58.9 Å². The molecular formula is C25H31Cl3SiTi. The third kappa shape index (κ3) is 7.69. The first-order chi connectivity index (χ1) is 12.5.